The Morgan fingerprint density at radius 3 is 2.90 bits per heavy atom. The molecule has 0 saturated carbocycles. The molecule has 0 N–H and O–H groups in total. The maximum atomic E-state index is 12.4. The van der Waals surface area contributed by atoms with Gasteiger partial charge in [-0.1, -0.05) is 6.92 Å². The molecule has 5 nitrogen and oxygen atoms in total. The maximum absolute atomic E-state index is 12.4. The first-order valence-corrected chi connectivity index (χ1v) is 8.17. The molecule has 2 aromatic heterocycles. The molecule has 112 valence electrons. The molecule has 2 heterocycles. The zero-order chi connectivity index (χ0) is 15.4. The van der Waals surface area contributed by atoms with Crippen LogP contribution >= 0.6 is 11.8 Å². The van der Waals surface area contributed by atoms with E-state index in [1.165, 1.54) is 0 Å². The third kappa shape index (κ3) is 3.44. The summed E-state index contributed by atoms with van der Waals surface area (Å²) < 4.78 is 1.75. The summed E-state index contributed by atoms with van der Waals surface area (Å²) in [6.07, 6.45) is 7.35. The molecule has 0 saturated heterocycles. The Morgan fingerprint density at radius 1 is 1.52 bits per heavy atom. The second kappa shape index (κ2) is 6.76. The van der Waals surface area contributed by atoms with Crippen molar-refractivity contribution in [3.8, 4) is 5.69 Å². The maximum Gasteiger partial charge on any atom is 0.230 e. The van der Waals surface area contributed by atoms with Crippen LogP contribution in [0, 0.1) is 12.8 Å². The van der Waals surface area contributed by atoms with Crippen LogP contribution in [0.4, 0.5) is 5.69 Å². The third-order valence-corrected chi connectivity index (χ3v) is 4.15. The topological polar surface area (TPSA) is 51.0 Å². The Kier molecular flexibility index (Phi) is 5.01. The Morgan fingerprint density at radius 2 is 2.29 bits per heavy atom. The molecule has 0 aromatic carbocycles. The summed E-state index contributed by atoms with van der Waals surface area (Å²) in [7, 11) is 1.80. The highest BCUT2D eigenvalue weighted by Crippen LogP contribution is 2.22. The number of carbonyl (C=O) groups is 1. The number of rotatable bonds is 5. The molecule has 0 aliphatic carbocycles. The Hall–Kier alpha value is -1.82. The lowest BCUT2D eigenvalue weighted by Gasteiger charge is -2.20. The molecule has 0 radical (unpaired) electrons. The monoisotopic (exact) mass is 304 g/mol. The first-order valence-electron chi connectivity index (χ1n) is 6.77. The largest absolute Gasteiger partial charge is 0.312 e. The normalized spacial score (nSPS) is 12.2. The molecule has 0 aliphatic heterocycles. The number of aryl methyl sites for hydroxylation is 1. The van der Waals surface area contributed by atoms with E-state index in [-0.39, 0.29) is 11.8 Å². The van der Waals surface area contributed by atoms with Gasteiger partial charge in [0.25, 0.3) is 0 Å². The van der Waals surface area contributed by atoms with Gasteiger partial charge in [0.15, 0.2) is 0 Å². The predicted molar refractivity (Wildman–Crippen MR) is 87.1 cm³/mol. The van der Waals surface area contributed by atoms with Gasteiger partial charge in [0.05, 0.1) is 29.5 Å². The van der Waals surface area contributed by atoms with Crippen molar-refractivity contribution in [2.45, 2.75) is 13.8 Å². The summed E-state index contributed by atoms with van der Waals surface area (Å²) in [5.41, 5.74) is 2.53. The molecule has 0 spiro atoms. The van der Waals surface area contributed by atoms with Crippen LogP contribution in [-0.4, -0.2) is 39.7 Å². The highest BCUT2D eigenvalue weighted by atomic mass is 32.2. The second-order valence-corrected chi connectivity index (χ2v) is 5.92. The Balaban J connectivity index is 2.25. The average molecular weight is 304 g/mol. The summed E-state index contributed by atoms with van der Waals surface area (Å²) in [6.45, 7) is 3.86. The van der Waals surface area contributed by atoms with Crippen molar-refractivity contribution >= 4 is 23.4 Å². The van der Waals surface area contributed by atoms with Crippen molar-refractivity contribution in [3.05, 3.63) is 36.4 Å². The Bertz CT molecular complexity index is 611. The fourth-order valence-electron chi connectivity index (χ4n) is 2.17. The highest BCUT2D eigenvalue weighted by Gasteiger charge is 2.21. The van der Waals surface area contributed by atoms with Gasteiger partial charge in [0.2, 0.25) is 5.91 Å². The number of pyridine rings is 1. The zero-order valence-corrected chi connectivity index (χ0v) is 13.6. The van der Waals surface area contributed by atoms with Crippen molar-refractivity contribution in [1.29, 1.82) is 0 Å². The lowest BCUT2D eigenvalue weighted by molar-refractivity contribution is -0.120. The second-order valence-electron chi connectivity index (χ2n) is 5.01. The van der Waals surface area contributed by atoms with Gasteiger partial charge in [-0.15, -0.1) is 0 Å². The SMILES string of the molecule is CSCC(C)C(=O)N(C)c1cn(-c2cccnc2)nc1C. The lowest BCUT2D eigenvalue weighted by Crippen LogP contribution is -2.32. The van der Waals surface area contributed by atoms with E-state index in [2.05, 4.69) is 10.1 Å². The number of carbonyl (C=O) groups excluding carboxylic acids is 1. The van der Waals surface area contributed by atoms with Crippen molar-refractivity contribution < 1.29 is 4.79 Å². The number of thioether (sulfide) groups is 1. The molecule has 1 amide bonds. The number of aromatic nitrogens is 3. The molecule has 2 rings (SSSR count). The molecule has 6 heteroatoms. The average Bonchev–Trinajstić information content (AvgIpc) is 2.89. The van der Waals surface area contributed by atoms with Crippen LogP contribution in [0.3, 0.4) is 0 Å². The number of hydrogen-bond donors (Lipinski definition) is 0. The fraction of sp³-hybridized carbons (Fsp3) is 0.400. The first kappa shape index (κ1) is 15.6. The van der Waals surface area contributed by atoms with E-state index in [0.29, 0.717) is 0 Å². The van der Waals surface area contributed by atoms with Crippen LogP contribution in [0.5, 0.6) is 0 Å². The number of nitrogens with zero attached hydrogens (tertiary/aromatic N) is 4. The molecule has 0 aliphatic rings. The third-order valence-electron chi connectivity index (χ3n) is 3.31. The van der Waals surface area contributed by atoms with Crippen molar-refractivity contribution in [1.82, 2.24) is 14.8 Å². The van der Waals surface area contributed by atoms with E-state index in [0.717, 1.165) is 22.8 Å². The van der Waals surface area contributed by atoms with Gasteiger partial charge >= 0.3 is 0 Å². The van der Waals surface area contributed by atoms with Crippen LogP contribution < -0.4 is 4.90 Å². The van der Waals surface area contributed by atoms with Gasteiger partial charge in [0, 0.05) is 24.9 Å². The molecule has 1 atom stereocenters. The first-order chi connectivity index (χ1) is 10.0. The summed E-state index contributed by atoms with van der Waals surface area (Å²) in [4.78, 5) is 18.2. The lowest BCUT2D eigenvalue weighted by atomic mass is 10.2. The minimum atomic E-state index is -0.00820. The summed E-state index contributed by atoms with van der Waals surface area (Å²) >= 11 is 1.68. The molecule has 2 aromatic rings. The van der Waals surface area contributed by atoms with E-state index in [1.54, 1.807) is 40.8 Å². The highest BCUT2D eigenvalue weighted by molar-refractivity contribution is 7.98. The summed E-state index contributed by atoms with van der Waals surface area (Å²) in [5.74, 6) is 0.920. The van der Waals surface area contributed by atoms with Crippen LogP contribution in [0.15, 0.2) is 30.7 Å². The standard InChI is InChI=1S/C15H20N4OS/c1-11(10-21-4)15(20)18(3)14-9-19(17-12(14)2)13-6-5-7-16-8-13/h5-9,11H,10H2,1-4H3. The van der Waals surface area contributed by atoms with E-state index < -0.39 is 0 Å². The van der Waals surface area contributed by atoms with Crippen LogP contribution in [0.2, 0.25) is 0 Å². The number of anilines is 1. The summed E-state index contributed by atoms with van der Waals surface area (Å²) in [6, 6.07) is 3.79. The molecule has 0 bridgehead atoms. The minimum Gasteiger partial charge on any atom is -0.312 e. The molecular weight excluding hydrogens is 284 g/mol. The van der Waals surface area contributed by atoms with Gasteiger partial charge in [-0.3, -0.25) is 9.78 Å². The van der Waals surface area contributed by atoms with Crippen molar-refractivity contribution in [2.24, 2.45) is 5.92 Å². The van der Waals surface area contributed by atoms with Crippen LogP contribution in [0.1, 0.15) is 12.6 Å². The smallest absolute Gasteiger partial charge is 0.230 e. The van der Waals surface area contributed by atoms with Crippen molar-refractivity contribution in [3.63, 3.8) is 0 Å². The van der Waals surface area contributed by atoms with Gasteiger partial charge in [-0.25, -0.2) is 4.68 Å². The zero-order valence-electron chi connectivity index (χ0n) is 12.8. The van der Waals surface area contributed by atoms with Gasteiger partial charge in [-0.05, 0) is 25.3 Å². The van der Waals surface area contributed by atoms with Crippen LogP contribution in [-0.2, 0) is 4.79 Å². The van der Waals surface area contributed by atoms with E-state index in [9.17, 15) is 4.79 Å². The Labute approximate surface area is 129 Å². The van der Waals surface area contributed by atoms with Gasteiger partial charge in [-0.2, -0.15) is 16.9 Å². The van der Waals surface area contributed by atoms with Crippen LogP contribution in [0.25, 0.3) is 5.69 Å². The van der Waals surface area contributed by atoms with E-state index in [4.69, 9.17) is 0 Å². The predicted octanol–water partition coefficient (Wildman–Crippen LogP) is 2.54. The quantitative estimate of drug-likeness (QED) is 0.852. The van der Waals surface area contributed by atoms with Gasteiger partial charge in [0.1, 0.15) is 0 Å². The number of hydrogen-bond acceptors (Lipinski definition) is 4. The van der Waals surface area contributed by atoms with Gasteiger partial charge < -0.3 is 4.90 Å². The molecule has 0 fully saturated rings. The molecular formula is C15H20N4OS. The summed E-state index contributed by atoms with van der Waals surface area (Å²) in [5, 5.41) is 4.47. The number of amides is 1. The van der Waals surface area contributed by atoms with E-state index >= 15 is 0 Å². The van der Waals surface area contributed by atoms with E-state index in [1.807, 2.05) is 38.4 Å². The molecule has 21 heavy (non-hydrogen) atoms. The molecule has 1 unspecified atom stereocenters. The minimum absolute atomic E-state index is 0.00820. The van der Waals surface area contributed by atoms with Crippen molar-refractivity contribution in [2.75, 3.05) is 24.0 Å². The fourth-order valence-corrected chi connectivity index (χ4v) is 2.81.